The van der Waals surface area contributed by atoms with Crippen LogP contribution in [0.1, 0.15) is 13.3 Å². The maximum atomic E-state index is 11.1. The third kappa shape index (κ3) is 8.40. The van der Waals surface area contributed by atoms with E-state index in [0.29, 0.717) is 0 Å². The van der Waals surface area contributed by atoms with Gasteiger partial charge in [0.05, 0.1) is 6.26 Å². The summed E-state index contributed by atoms with van der Waals surface area (Å²) in [5.74, 6) is 0. The van der Waals surface area contributed by atoms with Gasteiger partial charge < -0.3 is 14.2 Å². The Bertz CT molecular complexity index is 216. The van der Waals surface area contributed by atoms with Crippen LogP contribution in [0.5, 0.6) is 0 Å². The summed E-state index contributed by atoms with van der Waals surface area (Å²) in [6.07, 6.45) is 1.48. The highest BCUT2D eigenvalue weighted by Gasteiger charge is 2.19. The van der Waals surface area contributed by atoms with E-state index in [1.807, 2.05) is 6.92 Å². The molecule has 0 spiro atoms. The molecule has 1 atom stereocenters. The SMILES string of the molecule is C=COC(=O)NC(CC)[Si]O[Si](C)(C)C. The summed E-state index contributed by atoms with van der Waals surface area (Å²) in [4.78, 5) is 11.1. The second-order valence-electron chi connectivity index (χ2n) is 4.01. The molecule has 1 unspecified atom stereocenters. The summed E-state index contributed by atoms with van der Waals surface area (Å²) in [5.41, 5.74) is 0.0316. The van der Waals surface area contributed by atoms with Crippen LogP contribution in [-0.2, 0) is 8.85 Å². The van der Waals surface area contributed by atoms with Gasteiger partial charge in [-0.15, -0.1) is 0 Å². The van der Waals surface area contributed by atoms with Crippen molar-refractivity contribution in [1.29, 1.82) is 0 Å². The van der Waals surface area contributed by atoms with Gasteiger partial charge in [0.2, 0.25) is 9.76 Å². The zero-order valence-corrected chi connectivity index (χ0v) is 11.8. The van der Waals surface area contributed by atoms with Gasteiger partial charge in [-0.05, 0) is 26.1 Å². The summed E-state index contributed by atoms with van der Waals surface area (Å²) < 4.78 is 10.3. The number of ether oxygens (including phenoxy) is 1. The molecule has 0 aliphatic carbocycles. The van der Waals surface area contributed by atoms with Gasteiger partial charge in [0.25, 0.3) is 0 Å². The normalized spacial score (nSPS) is 13.1. The monoisotopic (exact) mass is 245 g/mol. The number of carbonyl (C=O) groups is 1. The van der Waals surface area contributed by atoms with Gasteiger partial charge in [-0.3, -0.25) is 0 Å². The average Bonchev–Trinajstić information content (AvgIpc) is 2.11. The van der Waals surface area contributed by atoms with Crippen molar-refractivity contribution in [2.24, 2.45) is 0 Å². The maximum Gasteiger partial charge on any atom is 0.412 e. The maximum absolute atomic E-state index is 11.1. The Morgan fingerprint density at radius 2 is 2.20 bits per heavy atom. The van der Waals surface area contributed by atoms with Crippen LogP contribution in [0, 0.1) is 0 Å². The zero-order valence-electron chi connectivity index (χ0n) is 9.79. The molecule has 1 N–H and O–H groups in total. The minimum atomic E-state index is -1.51. The lowest BCUT2D eigenvalue weighted by Crippen LogP contribution is -2.43. The molecule has 15 heavy (non-hydrogen) atoms. The standard InChI is InChI=1S/C9H19NO3Si2/c1-6-8(10-9(11)12-7-2)14-13-15(3,4)5/h7-8H,2,6H2,1,3-5H3,(H,10,11). The van der Waals surface area contributed by atoms with Gasteiger partial charge in [0, 0.05) is 5.67 Å². The molecule has 2 radical (unpaired) electrons. The molecule has 4 nitrogen and oxygen atoms in total. The van der Waals surface area contributed by atoms with Crippen LogP contribution in [0.25, 0.3) is 0 Å². The van der Waals surface area contributed by atoms with E-state index in [9.17, 15) is 4.79 Å². The zero-order chi connectivity index (χ0) is 11.9. The Balaban J connectivity index is 3.92. The molecule has 0 aromatic rings. The number of alkyl carbamates (subject to hydrolysis) is 1. The van der Waals surface area contributed by atoms with E-state index in [1.165, 1.54) is 0 Å². The lowest BCUT2D eigenvalue weighted by Gasteiger charge is -2.21. The van der Waals surface area contributed by atoms with E-state index >= 15 is 0 Å². The highest BCUT2D eigenvalue weighted by atomic mass is 28.4. The topological polar surface area (TPSA) is 47.6 Å². The first-order chi connectivity index (χ1) is 6.89. The second-order valence-corrected chi connectivity index (χ2v) is 9.98. The highest BCUT2D eigenvalue weighted by molar-refractivity contribution is 6.74. The highest BCUT2D eigenvalue weighted by Crippen LogP contribution is 2.03. The fourth-order valence-corrected chi connectivity index (χ4v) is 3.04. The first-order valence-electron chi connectivity index (χ1n) is 4.90. The summed E-state index contributed by atoms with van der Waals surface area (Å²) in [6, 6.07) is 0. The quantitative estimate of drug-likeness (QED) is 0.575. The van der Waals surface area contributed by atoms with Gasteiger partial charge in [-0.25, -0.2) is 4.79 Å². The fourth-order valence-electron chi connectivity index (χ4n) is 0.715. The lowest BCUT2D eigenvalue weighted by molar-refractivity contribution is 0.183. The van der Waals surface area contributed by atoms with E-state index in [-0.39, 0.29) is 15.4 Å². The van der Waals surface area contributed by atoms with E-state index in [2.05, 4.69) is 36.3 Å². The number of hydrogen-bond acceptors (Lipinski definition) is 3. The first-order valence-corrected chi connectivity index (χ1v) is 9.30. The number of carbonyl (C=O) groups excluding carboxylic acids is 1. The molecule has 6 heteroatoms. The summed E-state index contributed by atoms with van der Waals surface area (Å²) in [5, 5.41) is 2.72. The Kier molecular flexibility index (Phi) is 6.54. The van der Waals surface area contributed by atoms with Crippen LogP contribution in [0.4, 0.5) is 4.79 Å². The number of nitrogens with one attached hydrogen (secondary N) is 1. The molecular weight excluding hydrogens is 226 g/mol. The summed E-state index contributed by atoms with van der Waals surface area (Å²) in [6.45, 7) is 11.7. The minimum absolute atomic E-state index is 0.0316. The smallest absolute Gasteiger partial charge is 0.412 e. The van der Waals surface area contributed by atoms with Gasteiger partial charge in [0.1, 0.15) is 0 Å². The third-order valence-corrected chi connectivity index (χ3v) is 5.16. The van der Waals surface area contributed by atoms with Crippen molar-refractivity contribution in [3.05, 3.63) is 12.8 Å². The van der Waals surface area contributed by atoms with Crippen molar-refractivity contribution < 1.29 is 13.6 Å². The Morgan fingerprint density at radius 1 is 1.60 bits per heavy atom. The van der Waals surface area contributed by atoms with E-state index in [1.54, 1.807) is 0 Å². The average molecular weight is 245 g/mol. The van der Waals surface area contributed by atoms with Crippen LogP contribution in [0.2, 0.25) is 19.6 Å². The van der Waals surface area contributed by atoms with Crippen LogP contribution in [0.15, 0.2) is 12.8 Å². The predicted octanol–water partition coefficient (Wildman–Crippen LogP) is 2.06. The molecule has 0 aliphatic rings. The Morgan fingerprint density at radius 3 is 2.60 bits per heavy atom. The number of rotatable bonds is 6. The summed E-state index contributed by atoms with van der Waals surface area (Å²) in [7, 11) is -1.22. The van der Waals surface area contributed by atoms with Crippen LogP contribution < -0.4 is 5.32 Å². The molecule has 0 aromatic carbocycles. The van der Waals surface area contributed by atoms with Crippen molar-refractivity contribution in [2.75, 3.05) is 0 Å². The van der Waals surface area contributed by atoms with Crippen LogP contribution >= 0.6 is 0 Å². The minimum Gasteiger partial charge on any atom is -0.455 e. The van der Waals surface area contributed by atoms with Gasteiger partial charge >= 0.3 is 6.09 Å². The van der Waals surface area contributed by atoms with Crippen molar-refractivity contribution in [3.63, 3.8) is 0 Å². The van der Waals surface area contributed by atoms with Crippen molar-refractivity contribution in [3.8, 4) is 0 Å². The molecule has 0 aromatic heterocycles. The first kappa shape index (κ1) is 14.4. The lowest BCUT2D eigenvalue weighted by atomic mass is 10.5. The number of hydrogen-bond donors (Lipinski definition) is 1. The predicted molar refractivity (Wildman–Crippen MR) is 64.1 cm³/mol. The molecule has 0 saturated carbocycles. The molecule has 0 rings (SSSR count). The number of amides is 1. The van der Waals surface area contributed by atoms with Gasteiger partial charge in [-0.2, -0.15) is 0 Å². The Hall–Kier alpha value is -0.596. The third-order valence-electron chi connectivity index (χ3n) is 1.40. The summed E-state index contributed by atoms with van der Waals surface area (Å²) >= 11 is 0. The second kappa shape index (κ2) is 6.81. The molecule has 1 amide bonds. The fraction of sp³-hybridized carbons (Fsp3) is 0.667. The van der Waals surface area contributed by atoms with Crippen molar-refractivity contribution in [1.82, 2.24) is 5.32 Å². The Labute approximate surface area is 95.1 Å². The molecule has 0 heterocycles. The van der Waals surface area contributed by atoms with Crippen molar-refractivity contribution >= 4 is 24.2 Å². The van der Waals surface area contributed by atoms with Gasteiger partial charge in [-0.1, -0.05) is 13.5 Å². The van der Waals surface area contributed by atoms with Crippen molar-refractivity contribution in [2.45, 2.75) is 38.7 Å². The molecule has 86 valence electrons. The van der Waals surface area contributed by atoms with E-state index in [0.717, 1.165) is 12.7 Å². The van der Waals surface area contributed by atoms with Gasteiger partial charge in [0.15, 0.2) is 8.32 Å². The molecular formula is C9H19NO3Si2. The van der Waals surface area contributed by atoms with Crippen LogP contribution in [-0.4, -0.2) is 29.8 Å². The molecule has 0 saturated heterocycles. The molecule has 0 bridgehead atoms. The molecule has 0 aliphatic heterocycles. The van der Waals surface area contributed by atoms with E-state index < -0.39 is 14.4 Å². The van der Waals surface area contributed by atoms with Crippen LogP contribution in [0.3, 0.4) is 0 Å². The van der Waals surface area contributed by atoms with E-state index in [4.69, 9.17) is 4.12 Å². The molecule has 0 fully saturated rings. The largest absolute Gasteiger partial charge is 0.455 e.